The molecule has 0 saturated heterocycles. The van der Waals surface area contributed by atoms with E-state index in [0.717, 1.165) is 36.3 Å². The monoisotopic (exact) mass is 498 g/mol. The summed E-state index contributed by atoms with van der Waals surface area (Å²) in [6.07, 6.45) is 5.32. The van der Waals surface area contributed by atoms with E-state index in [2.05, 4.69) is 5.32 Å². The van der Waals surface area contributed by atoms with Crippen LogP contribution in [0.3, 0.4) is 0 Å². The van der Waals surface area contributed by atoms with Crippen LogP contribution in [0, 0.1) is 0 Å². The number of aromatic nitrogens is 2. The number of nitrogens with one attached hydrogen (secondary N) is 1. The maximum Gasteiger partial charge on any atom is 0.277 e. The zero-order valence-electron chi connectivity index (χ0n) is 19.2. The van der Waals surface area contributed by atoms with Gasteiger partial charge in [-0.25, -0.2) is 0 Å². The van der Waals surface area contributed by atoms with Gasteiger partial charge in [-0.05, 0) is 55.5 Å². The molecule has 34 heavy (non-hydrogen) atoms. The molecule has 0 spiro atoms. The summed E-state index contributed by atoms with van der Waals surface area (Å²) in [6.45, 7) is 2.04. The van der Waals surface area contributed by atoms with Crippen LogP contribution in [0.4, 0.5) is 5.69 Å². The van der Waals surface area contributed by atoms with Crippen LogP contribution in [-0.4, -0.2) is 40.3 Å². The molecule has 2 amide bonds. The van der Waals surface area contributed by atoms with E-state index in [1.54, 1.807) is 59.2 Å². The number of nitrogens with zero attached hydrogens (tertiary/aromatic N) is 3. The topological polar surface area (TPSA) is 76.5 Å². The minimum absolute atomic E-state index is 0.121. The summed E-state index contributed by atoms with van der Waals surface area (Å²) in [4.78, 5) is 30.2. The number of hydrogen-bond donors (Lipinski definition) is 1. The first-order valence-corrected chi connectivity index (χ1v) is 12.8. The van der Waals surface area contributed by atoms with Gasteiger partial charge < -0.3 is 10.1 Å². The number of ether oxygens (including phenoxy) is 1. The van der Waals surface area contributed by atoms with Crippen LogP contribution < -0.4 is 15.0 Å². The average molecular weight is 499 g/mol. The Labute approximate surface area is 207 Å². The lowest BCUT2D eigenvalue weighted by Gasteiger charge is -2.44. The smallest absolute Gasteiger partial charge is 0.277 e. The Balaban J connectivity index is 1.57. The third kappa shape index (κ3) is 3.99. The zero-order valence-corrected chi connectivity index (χ0v) is 20.8. The summed E-state index contributed by atoms with van der Waals surface area (Å²) in [5, 5.41) is 10.3. The minimum atomic E-state index is -1.18. The number of amides is 2. The molecule has 2 aliphatic rings. The highest BCUT2D eigenvalue weighted by Gasteiger charge is 2.49. The molecule has 1 fully saturated rings. The molecule has 1 unspecified atom stereocenters. The molecule has 1 atom stereocenters. The third-order valence-electron chi connectivity index (χ3n) is 6.75. The van der Waals surface area contributed by atoms with E-state index >= 15 is 0 Å². The Morgan fingerprint density at radius 2 is 2.03 bits per heavy atom. The molecule has 0 bridgehead atoms. The molecule has 178 valence electrons. The van der Waals surface area contributed by atoms with Gasteiger partial charge in [0.15, 0.2) is 0 Å². The van der Waals surface area contributed by atoms with Gasteiger partial charge in [-0.2, -0.15) is 5.10 Å². The number of carbonyl (C=O) groups is 2. The zero-order chi connectivity index (χ0) is 23.9. The van der Waals surface area contributed by atoms with E-state index in [4.69, 9.17) is 21.4 Å². The van der Waals surface area contributed by atoms with Gasteiger partial charge in [0.05, 0.1) is 23.6 Å². The van der Waals surface area contributed by atoms with Crippen molar-refractivity contribution in [1.82, 2.24) is 15.1 Å². The Morgan fingerprint density at radius 1 is 1.24 bits per heavy atom. The first kappa shape index (κ1) is 22.9. The van der Waals surface area contributed by atoms with Crippen LogP contribution in [0.1, 0.15) is 49.5 Å². The second kappa shape index (κ2) is 9.07. The molecule has 1 saturated carbocycles. The normalized spacial score (nSPS) is 20.8. The lowest BCUT2D eigenvalue weighted by molar-refractivity contribution is -0.127. The van der Waals surface area contributed by atoms with Crippen molar-refractivity contribution < 1.29 is 14.3 Å². The fourth-order valence-electron chi connectivity index (χ4n) is 4.91. The number of benzene rings is 1. The van der Waals surface area contributed by atoms with Gasteiger partial charge >= 0.3 is 0 Å². The van der Waals surface area contributed by atoms with Gasteiger partial charge in [0.2, 0.25) is 5.91 Å². The fourth-order valence-corrected chi connectivity index (χ4v) is 5.85. The Kier molecular flexibility index (Phi) is 6.12. The standard InChI is InChI=1S/C25H27ClN4O3S/c1-25(24(32)27-16-7-4-3-5-8-16)15-29-20(14-19(28-29)22-9-6-12-34-22)23(31)30(25)17-10-11-21(33-2)18(26)13-17/h6,9-14,16H,3-5,7-8,15H2,1-2H3,(H,27,32). The van der Waals surface area contributed by atoms with Crippen LogP contribution in [0.15, 0.2) is 41.8 Å². The van der Waals surface area contributed by atoms with Crippen molar-refractivity contribution in [3.8, 4) is 16.3 Å². The van der Waals surface area contributed by atoms with Crippen LogP contribution in [0.25, 0.3) is 10.6 Å². The summed E-state index contributed by atoms with van der Waals surface area (Å²) in [6, 6.07) is 11.0. The first-order chi connectivity index (χ1) is 16.4. The van der Waals surface area contributed by atoms with Gasteiger partial charge in [-0.3, -0.25) is 19.2 Å². The number of thiophene rings is 1. The highest BCUT2D eigenvalue weighted by atomic mass is 35.5. The van der Waals surface area contributed by atoms with Crippen LogP contribution in [0.2, 0.25) is 5.02 Å². The van der Waals surface area contributed by atoms with E-state index in [9.17, 15) is 9.59 Å². The Hall–Kier alpha value is -2.84. The number of halogens is 1. The Bertz CT molecular complexity index is 1220. The fraction of sp³-hybridized carbons (Fsp3) is 0.400. The largest absolute Gasteiger partial charge is 0.495 e. The number of fused-ring (bicyclic) bond motifs is 1. The van der Waals surface area contributed by atoms with Gasteiger partial charge in [-0.1, -0.05) is 36.9 Å². The quantitative estimate of drug-likeness (QED) is 0.528. The molecule has 3 heterocycles. The summed E-state index contributed by atoms with van der Waals surface area (Å²) in [7, 11) is 1.54. The molecular weight excluding hydrogens is 472 g/mol. The van der Waals surface area contributed by atoms with Gasteiger partial charge in [0.1, 0.15) is 22.7 Å². The van der Waals surface area contributed by atoms with E-state index in [1.165, 1.54) is 6.42 Å². The molecule has 7 nitrogen and oxygen atoms in total. The number of carbonyl (C=O) groups excluding carboxylic acids is 2. The third-order valence-corrected chi connectivity index (χ3v) is 7.94. The minimum Gasteiger partial charge on any atom is -0.495 e. The second-order valence-electron chi connectivity index (χ2n) is 9.09. The van der Waals surface area contributed by atoms with Crippen molar-refractivity contribution in [3.63, 3.8) is 0 Å². The molecular formula is C25H27ClN4O3S. The van der Waals surface area contributed by atoms with Crippen molar-refractivity contribution >= 4 is 40.4 Å². The highest BCUT2D eigenvalue weighted by Crippen LogP contribution is 2.38. The van der Waals surface area contributed by atoms with Gasteiger partial charge in [0.25, 0.3) is 5.91 Å². The predicted octanol–water partition coefficient (Wildman–Crippen LogP) is 5.14. The van der Waals surface area contributed by atoms with Crippen molar-refractivity contribution in [2.24, 2.45) is 0 Å². The SMILES string of the molecule is COc1ccc(N2C(=O)c3cc(-c4cccs4)nn3CC2(C)C(=O)NC2CCCCC2)cc1Cl. The van der Waals surface area contributed by atoms with E-state index in [0.29, 0.717) is 22.2 Å². The van der Waals surface area contributed by atoms with Crippen molar-refractivity contribution in [3.05, 3.63) is 52.5 Å². The molecule has 1 aliphatic heterocycles. The van der Waals surface area contributed by atoms with Crippen molar-refractivity contribution in [1.29, 1.82) is 0 Å². The van der Waals surface area contributed by atoms with E-state index < -0.39 is 5.54 Å². The number of anilines is 1. The lowest BCUT2D eigenvalue weighted by atomic mass is 9.91. The maximum absolute atomic E-state index is 13.9. The molecule has 1 N–H and O–H groups in total. The molecule has 1 aliphatic carbocycles. The second-order valence-corrected chi connectivity index (χ2v) is 10.4. The highest BCUT2D eigenvalue weighted by molar-refractivity contribution is 7.13. The summed E-state index contributed by atoms with van der Waals surface area (Å²) >= 11 is 7.98. The van der Waals surface area contributed by atoms with Gasteiger partial charge in [-0.15, -0.1) is 11.3 Å². The molecule has 0 radical (unpaired) electrons. The predicted molar refractivity (Wildman–Crippen MR) is 134 cm³/mol. The first-order valence-electron chi connectivity index (χ1n) is 11.5. The molecule has 2 aromatic heterocycles. The molecule has 3 aromatic rings. The molecule has 1 aromatic carbocycles. The summed E-state index contributed by atoms with van der Waals surface area (Å²) in [5.74, 6) is 0.0378. The Morgan fingerprint density at radius 3 is 2.71 bits per heavy atom. The van der Waals surface area contributed by atoms with E-state index in [1.807, 2.05) is 17.5 Å². The van der Waals surface area contributed by atoms with E-state index in [-0.39, 0.29) is 24.4 Å². The number of hydrogen-bond acceptors (Lipinski definition) is 5. The lowest BCUT2D eigenvalue weighted by Crippen LogP contribution is -2.65. The summed E-state index contributed by atoms with van der Waals surface area (Å²) < 4.78 is 6.95. The molecule has 5 rings (SSSR count). The number of rotatable bonds is 5. The molecule has 9 heteroatoms. The number of methoxy groups -OCH3 is 1. The maximum atomic E-state index is 13.9. The van der Waals surface area contributed by atoms with Gasteiger partial charge in [0, 0.05) is 11.7 Å². The van der Waals surface area contributed by atoms with Crippen LogP contribution in [-0.2, 0) is 11.3 Å². The van der Waals surface area contributed by atoms with Crippen molar-refractivity contribution in [2.75, 3.05) is 12.0 Å². The average Bonchev–Trinajstić information content (AvgIpc) is 3.50. The van der Waals surface area contributed by atoms with Crippen molar-refractivity contribution in [2.45, 2.75) is 57.2 Å². The summed E-state index contributed by atoms with van der Waals surface area (Å²) in [5.41, 5.74) is 0.529. The van der Waals surface area contributed by atoms with Crippen LogP contribution in [0.5, 0.6) is 5.75 Å². The van der Waals surface area contributed by atoms with Crippen LogP contribution >= 0.6 is 22.9 Å².